The summed E-state index contributed by atoms with van der Waals surface area (Å²) in [5, 5.41) is 0. The zero-order valence-corrected chi connectivity index (χ0v) is 10.8. The molecule has 0 aliphatic carbocycles. The Kier molecular flexibility index (Phi) is 3.87. The molecule has 0 atom stereocenters. The average molecular weight is 278 g/mol. The van der Waals surface area contributed by atoms with Crippen molar-refractivity contribution < 1.29 is 26.2 Å². The smallest absolute Gasteiger partial charge is 0.276 e. The van der Waals surface area contributed by atoms with E-state index in [9.17, 15) is 22.0 Å². The molecule has 7 heteroatoms. The van der Waals surface area contributed by atoms with Crippen molar-refractivity contribution in [2.24, 2.45) is 0 Å². The first-order valence-electron chi connectivity index (χ1n) is 4.92. The molecule has 0 radical (unpaired) electrons. The average Bonchev–Trinajstić information content (AvgIpc) is 2.28. The Hall–Kier alpha value is -1.34. The van der Waals surface area contributed by atoms with Crippen LogP contribution < -0.4 is 0 Å². The maximum absolute atomic E-state index is 13.7. The van der Waals surface area contributed by atoms with Gasteiger partial charge in [0.2, 0.25) is 0 Å². The molecule has 1 aromatic rings. The van der Waals surface area contributed by atoms with Gasteiger partial charge in [0.05, 0.1) is 12.7 Å². The second-order valence-corrected chi connectivity index (χ2v) is 6.36. The first-order chi connectivity index (χ1) is 8.17. The van der Waals surface area contributed by atoms with Crippen molar-refractivity contribution in [3.8, 4) is 0 Å². The van der Waals surface area contributed by atoms with Crippen LogP contribution in [0.5, 0.6) is 0 Å². The number of carbonyl (C=O) groups excluding carboxylic acids is 1. The monoisotopic (exact) mass is 278 g/mol. The minimum Gasteiger partial charge on any atom is -0.298 e. The molecule has 0 saturated carbocycles. The standard InChI is InChI=1S/C11H12F2O4S/c1-11(2,18(15,16)17-3)8-4-7(6-14)9(12)5-10(8)13/h4-6H,1-3H3. The van der Waals surface area contributed by atoms with Crippen molar-refractivity contribution in [1.82, 2.24) is 0 Å². The lowest BCUT2D eigenvalue weighted by Gasteiger charge is -2.24. The predicted molar refractivity (Wildman–Crippen MR) is 60.7 cm³/mol. The molecule has 4 nitrogen and oxygen atoms in total. The lowest BCUT2D eigenvalue weighted by Crippen LogP contribution is -2.31. The molecule has 0 heterocycles. The van der Waals surface area contributed by atoms with E-state index in [1.807, 2.05) is 0 Å². The molecule has 0 N–H and O–H groups in total. The van der Waals surface area contributed by atoms with Crippen LogP contribution in [-0.4, -0.2) is 21.8 Å². The van der Waals surface area contributed by atoms with Crippen molar-refractivity contribution >= 4 is 16.4 Å². The molecule has 0 fully saturated rings. The first-order valence-corrected chi connectivity index (χ1v) is 6.33. The van der Waals surface area contributed by atoms with Gasteiger partial charge in [0.1, 0.15) is 16.4 Å². The topological polar surface area (TPSA) is 60.4 Å². The highest BCUT2D eigenvalue weighted by molar-refractivity contribution is 7.87. The van der Waals surface area contributed by atoms with E-state index >= 15 is 0 Å². The Labute approximate surface area is 104 Å². The molecule has 0 bridgehead atoms. The van der Waals surface area contributed by atoms with Gasteiger partial charge in [-0.1, -0.05) is 0 Å². The third-order valence-corrected chi connectivity index (χ3v) is 4.62. The Morgan fingerprint density at radius 1 is 1.22 bits per heavy atom. The normalized spacial score (nSPS) is 12.5. The van der Waals surface area contributed by atoms with Gasteiger partial charge in [0.25, 0.3) is 10.1 Å². The van der Waals surface area contributed by atoms with Gasteiger partial charge in [-0.25, -0.2) is 8.78 Å². The van der Waals surface area contributed by atoms with Gasteiger partial charge in [0.15, 0.2) is 6.29 Å². The molecule has 0 aliphatic rings. The summed E-state index contributed by atoms with van der Waals surface area (Å²) in [6.07, 6.45) is 0.188. The van der Waals surface area contributed by atoms with E-state index in [0.29, 0.717) is 6.07 Å². The van der Waals surface area contributed by atoms with E-state index in [-0.39, 0.29) is 11.8 Å². The number of benzene rings is 1. The Morgan fingerprint density at radius 2 is 1.78 bits per heavy atom. The molecular formula is C11H12F2O4S. The SMILES string of the molecule is COS(=O)(=O)C(C)(C)c1cc(C=O)c(F)cc1F. The van der Waals surface area contributed by atoms with Crippen LogP contribution in [0.3, 0.4) is 0 Å². The van der Waals surface area contributed by atoms with Gasteiger partial charge in [-0.15, -0.1) is 0 Å². The van der Waals surface area contributed by atoms with Crippen LogP contribution >= 0.6 is 0 Å². The largest absolute Gasteiger partial charge is 0.298 e. The lowest BCUT2D eigenvalue weighted by atomic mass is 9.99. The van der Waals surface area contributed by atoms with Crippen LogP contribution in [-0.2, 0) is 19.0 Å². The highest BCUT2D eigenvalue weighted by Gasteiger charge is 2.39. The zero-order valence-electron chi connectivity index (χ0n) is 10.0. The minimum atomic E-state index is -4.09. The van der Waals surface area contributed by atoms with E-state index in [0.717, 1.165) is 13.2 Å². The van der Waals surface area contributed by atoms with Crippen molar-refractivity contribution in [3.63, 3.8) is 0 Å². The molecule has 0 amide bonds. The van der Waals surface area contributed by atoms with Gasteiger partial charge in [0, 0.05) is 11.6 Å². The fraction of sp³-hybridized carbons (Fsp3) is 0.364. The Balaban J connectivity index is 3.56. The third-order valence-electron chi connectivity index (χ3n) is 2.71. The van der Waals surface area contributed by atoms with E-state index in [1.165, 1.54) is 13.8 Å². The quantitative estimate of drug-likeness (QED) is 0.624. The third kappa shape index (κ3) is 2.28. The molecule has 0 aromatic heterocycles. The number of hydrogen-bond donors (Lipinski definition) is 0. The van der Waals surface area contributed by atoms with Crippen molar-refractivity contribution in [3.05, 3.63) is 34.9 Å². The fourth-order valence-corrected chi connectivity index (χ4v) is 2.30. The second kappa shape index (κ2) is 4.74. The maximum Gasteiger partial charge on any atom is 0.276 e. The number of halogens is 2. The van der Waals surface area contributed by atoms with E-state index in [1.54, 1.807) is 0 Å². The Bertz CT molecular complexity index is 579. The molecule has 0 saturated heterocycles. The summed E-state index contributed by atoms with van der Waals surface area (Å²) in [6, 6.07) is 1.35. The summed E-state index contributed by atoms with van der Waals surface area (Å²) in [6.45, 7) is 2.41. The summed E-state index contributed by atoms with van der Waals surface area (Å²) >= 11 is 0. The summed E-state index contributed by atoms with van der Waals surface area (Å²) in [7, 11) is -3.15. The van der Waals surface area contributed by atoms with E-state index in [4.69, 9.17) is 0 Å². The summed E-state index contributed by atoms with van der Waals surface area (Å²) in [5.74, 6) is -2.10. The molecular weight excluding hydrogens is 266 g/mol. The van der Waals surface area contributed by atoms with Crippen LogP contribution in [0, 0.1) is 11.6 Å². The van der Waals surface area contributed by atoms with Crippen molar-refractivity contribution in [1.29, 1.82) is 0 Å². The van der Waals surface area contributed by atoms with E-state index < -0.39 is 32.1 Å². The maximum atomic E-state index is 13.7. The number of carbonyl (C=O) groups is 1. The van der Waals surface area contributed by atoms with Gasteiger partial charge >= 0.3 is 0 Å². The number of aldehydes is 1. The minimum absolute atomic E-state index is 0.188. The molecule has 0 unspecified atom stereocenters. The molecule has 18 heavy (non-hydrogen) atoms. The lowest BCUT2D eigenvalue weighted by molar-refractivity contribution is 0.111. The summed E-state index contributed by atoms with van der Waals surface area (Å²) in [4.78, 5) is 10.6. The van der Waals surface area contributed by atoms with Crippen molar-refractivity contribution in [2.75, 3.05) is 7.11 Å². The zero-order chi connectivity index (χ0) is 14.1. The van der Waals surface area contributed by atoms with E-state index in [2.05, 4.69) is 4.18 Å². The highest BCUT2D eigenvalue weighted by atomic mass is 32.2. The predicted octanol–water partition coefficient (Wildman–Crippen LogP) is 1.99. The van der Waals surface area contributed by atoms with Gasteiger partial charge in [-0.05, 0) is 19.9 Å². The fourth-order valence-electron chi connectivity index (χ4n) is 1.46. The van der Waals surface area contributed by atoms with Crippen LogP contribution in [0.2, 0.25) is 0 Å². The first kappa shape index (κ1) is 14.7. The molecule has 1 aromatic carbocycles. The van der Waals surface area contributed by atoms with Gasteiger partial charge < -0.3 is 0 Å². The number of rotatable bonds is 4. The van der Waals surface area contributed by atoms with Gasteiger partial charge in [-0.3, -0.25) is 8.98 Å². The summed E-state index contributed by atoms with van der Waals surface area (Å²) in [5.41, 5.74) is -0.737. The van der Waals surface area contributed by atoms with Crippen LogP contribution in [0.4, 0.5) is 8.78 Å². The number of hydrogen-bond acceptors (Lipinski definition) is 4. The molecule has 0 spiro atoms. The van der Waals surface area contributed by atoms with Crippen LogP contribution in [0.15, 0.2) is 12.1 Å². The van der Waals surface area contributed by atoms with Gasteiger partial charge in [-0.2, -0.15) is 8.42 Å². The molecule has 0 aliphatic heterocycles. The van der Waals surface area contributed by atoms with Crippen LogP contribution in [0.1, 0.15) is 29.8 Å². The molecule has 1 rings (SSSR count). The molecule has 100 valence electrons. The van der Waals surface area contributed by atoms with Crippen molar-refractivity contribution in [2.45, 2.75) is 18.6 Å². The Morgan fingerprint density at radius 3 is 2.22 bits per heavy atom. The van der Waals surface area contributed by atoms with Crippen LogP contribution in [0.25, 0.3) is 0 Å². The summed E-state index contributed by atoms with van der Waals surface area (Å²) < 4.78 is 52.8. The highest BCUT2D eigenvalue weighted by Crippen LogP contribution is 2.33. The second-order valence-electron chi connectivity index (χ2n) is 4.10.